The molecule has 0 amide bonds. The van der Waals surface area contributed by atoms with Crippen molar-refractivity contribution in [2.24, 2.45) is 0 Å². The monoisotopic (exact) mass is 381 g/mol. The highest BCUT2D eigenvalue weighted by molar-refractivity contribution is 7.89. The van der Waals surface area contributed by atoms with Gasteiger partial charge in [0.1, 0.15) is 0 Å². The minimum atomic E-state index is -3.90. The molecule has 0 N–H and O–H groups in total. The van der Waals surface area contributed by atoms with Crippen LogP contribution in [0.4, 0.5) is 0 Å². The van der Waals surface area contributed by atoms with E-state index in [4.69, 9.17) is 9.47 Å². The second-order valence-corrected chi connectivity index (χ2v) is 8.03. The number of methoxy groups -OCH3 is 2. The van der Waals surface area contributed by atoms with Gasteiger partial charge >= 0.3 is 0 Å². The minimum absolute atomic E-state index is 0.186. The summed E-state index contributed by atoms with van der Waals surface area (Å²) in [6.07, 6.45) is 0.904. The van der Waals surface area contributed by atoms with Crippen LogP contribution in [0, 0.1) is 0 Å². The normalized spacial score (nSPS) is 16.7. The average Bonchev–Trinajstić information content (AvgIpc) is 2.71. The zero-order valence-electron chi connectivity index (χ0n) is 15.0. The Labute approximate surface area is 158 Å². The van der Waals surface area contributed by atoms with Crippen LogP contribution in [-0.2, 0) is 19.5 Å². The van der Waals surface area contributed by atoms with E-state index in [0.29, 0.717) is 0 Å². The van der Waals surface area contributed by atoms with Crippen molar-refractivity contribution < 1.29 is 17.9 Å². The van der Waals surface area contributed by atoms with E-state index < -0.39 is 16.3 Å². The van der Waals surface area contributed by atoms with Crippen molar-refractivity contribution >= 4 is 26.9 Å². The number of hydrogen-bond donors (Lipinski definition) is 0. The Morgan fingerprint density at radius 2 is 1.59 bits per heavy atom. The zero-order valence-corrected chi connectivity index (χ0v) is 15.8. The molecule has 0 aromatic heterocycles. The van der Waals surface area contributed by atoms with Gasteiger partial charge in [0, 0.05) is 18.7 Å². The molecule has 4 rings (SSSR count). The van der Waals surface area contributed by atoms with E-state index >= 15 is 0 Å². The first-order chi connectivity index (χ1) is 13.1. The fourth-order valence-corrected chi connectivity index (χ4v) is 4.92. The van der Waals surface area contributed by atoms with Crippen molar-refractivity contribution in [1.29, 1.82) is 0 Å². The van der Waals surface area contributed by atoms with Gasteiger partial charge in [-0.15, -0.1) is 0 Å². The highest BCUT2D eigenvalue weighted by Gasteiger charge is 2.39. The number of nitrogens with zero attached hydrogens (tertiary/aromatic N) is 1. The lowest BCUT2D eigenvalue weighted by Gasteiger charge is -2.36. The predicted molar refractivity (Wildman–Crippen MR) is 104 cm³/mol. The number of benzene rings is 3. The molecule has 0 aliphatic carbocycles. The fraction of sp³-hybridized carbons (Fsp3) is 0.143. The smallest absolute Gasteiger partial charge is 0.269 e. The van der Waals surface area contributed by atoms with E-state index in [0.717, 1.165) is 21.9 Å². The van der Waals surface area contributed by atoms with Crippen LogP contribution < -0.4 is 0 Å². The van der Waals surface area contributed by atoms with Crippen molar-refractivity contribution in [1.82, 2.24) is 4.31 Å². The lowest BCUT2D eigenvalue weighted by molar-refractivity contribution is 0.000798. The molecule has 3 aromatic rings. The topological polar surface area (TPSA) is 55.8 Å². The van der Waals surface area contributed by atoms with Gasteiger partial charge in [0.2, 0.25) is 5.88 Å². The largest absolute Gasteiger partial charge is 0.482 e. The van der Waals surface area contributed by atoms with Gasteiger partial charge in [-0.25, -0.2) is 12.7 Å². The van der Waals surface area contributed by atoms with E-state index in [2.05, 4.69) is 0 Å². The molecular formula is C21H19NO4S. The summed E-state index contributed by atoms with van der Waals surface area (Å²) in [4.78, 5) is 0.186. The second kappa shape index (κ2) is 6.72. The molecule has 1 heterocycles. The zero-order chi connectivity index (χ0) is 19.0. The molecule has 138 valence electrons. The van der Waals surface area contributed by atoms with E-state index in [-0.39, 0.29) is 10.8 Å². The van der Waals surface area contributed by atoms with Crippen LogP contribution in [0.1, 0.15) is 17.4 Å². The van der Waals surface area contributed by atoms with Crippen LogP contribution in [-0.4, -0.2) is 26.9 Å². The summed E-state index contributed by atoms with van der Waals surface area (Å²) in [7, 11) is -0.961. The quantitative estimate of drug-likeness (QED) is 0.682. The summed E-state index contributed by atoms with van der Waals surface area (Å²) >= 11 is 0. The van der Waals surface area contributed by atoms with Gasteiger partial charge in [-0.2, -0.15) is 0 Å². The average molecular weight is 381 g/mol. The maximum atomic E-state index is 13.5. The lowest BCUT2D eigenvalue weighted by atomic mass is 10.0. The van der Waals surface area contributed by atoms with E-state index in [1.807, 2.05) is 48.5 Å². The van der Waals surface area contributed by atoms with Gasteiger partial charge in [-0.1, -0.05) is 54.6 Å². The van der Waals surface area contributed by atoms with Crippen LogP contribution in [0.15, 0.2) is 77.5 Å². The van der Waals surface area contributed by atoms with E-state index in [1.165, 1.54) is 18.5 Å². The molecule has 0 fully saturated rings. The third-order valence-corrected chi connectivity index (χ3v) is 6.42. The Bertz CT molecular complexity index is 1140. The molecule has 0 saturated carbocycles. The summed E-state index contributed by atoms with van der Waals surface area (Å²) < 4.78 is 39.2. The van der Waals surface area contributed by atoms with Gasteiger partial charge in [-0.05, 0) is 28.5 Å². The molecule has 27 heavy (non-hydrogen) atoms. The number of sulfonamides is 1. The summed E-state index contributed by atoms with van der Waals surface area (Å²) in [5.74, 6) is 0.216. The van der Waals surface area contributed by atoms with Gasteiger partial charge in [-0.3, -0.25) is 0 Å². The van der Waals surface area contributed by atoms with Crippen LogP contribution in [0.3, 0.4) is 0 Å². The number of fused-ring (bicyclic) bond motifs is 2. The molecule has 0 radical (unpaired) electrons. The van der Waals surface area contributed by atoms with Crippen LogP contribution in [0.5, 0.6) is 0 Å². The molecular weight excluding hydrogens is 362 g/mol. The molecule has 1 aliphatic rings. The molecule has 5 nitrogen and oxygen atoms in total. The van der Waals surface area contributed by atoms with Gasteiger partial charge in [0.25, 0.3) is 10.0 Å². The second-order valence-electron chi connectivity index (χ2n) is 6.21. The number of hydrogen-bond acceptors (Lipinski definition) is 4. The Morgan fingerprint density at radius 3 is 2.33 bits per heavy atom. The third-order valence-electron chi connectivity index (χ3n) is 4.68. The first-order valence-corrected chi connectivity index (χ1v) is 9.91. The van der Waals surface area contributed by atoms with E-state index in [1.54, 1.807) is 24.3 Å². The summed E-state index contributed by atoms with van der Waals surface area (Å²) in [6, 6.07) is 20.2. The maximum absolute atomic E-state index is 13.5. The lowest BCUT2D eigenvalue weighted by Crippen LogP contribution is -2.38. The van der Waals surface area contributed by atoms with Gasteiger partial charge < -0.3 is 9.47 Å². The van der Waals surface area contributed by atoms with Crippen molar-refractivity contribution in [2.45, 2.75) is 11.1 Å². The fourth-order valence-electron chi connectivity index (χ4n) is 3.36. The number of ether oxygens (including phenoxy) is 2. The highest BCUT2D eigenvalue weighted by atomic mass is 32.2. The SMILES string of the molecule is COC1=Cc2ccccc2C(OC)N1S(=O)(=O)c1ccc2ccccc2c1. The van der Waals surface area contributed by atoms with Crippen molar-refractivity contribution in [3.05, 3.63) is 83.7 Å². The molecule has 3 aromatic carbocycles. The molecule has 0 spiro atoms. The molecule has 1 aliphatic heterocycles. The summed E-state index contributed by atoms with van der Waals surface area (Å²) in [5, 5.41) is 1.83. The third kappa shape index (κ3) is 2.87. The molecule has 0 bridgehead atoms. The first-order valence-electron chi connectivity index (χ1n) is 8.47. The molecule has 1 unspecified atom stereocenters. The van der Waals surface area contributed by atoms with Crippen molar-refractivity contribution in [3.63, 3.8) is 0 Å². The molecule has 6 heteroatoms. The van der Waals surface area contributed by atoms with E-state index in [9.17, 15) is 8.42 Å². The van der Waals surface area contributed by atoms with Crippen molar-refractivity contribution in [3.8, 4) is 0 Å². The maximum Gasteiger partial charge on any atom is 0.269 e. The summed E-state index contributed by atoms with van der Waals surface area (Å²) in [6.45, 7) is 0. The molecule has 1 atom stereocenters. The minimum Gasteiger partial charge on any atom is -0.482 e. The standard InChI is InChI=1S/C21H19NO4S/c1-25-20-14-17-9-5-6-10-19(17)21(26-2)22(20)27(23,24)18-12-11-15-7-3-4-8-16(15)13-18/h3-14,21H,1-2H3. The Balaban J connectivity index is 1.88. The van der Waals surface area contributed by atoms with Crippen molar-refractivity contribution in [2.75, 3.05) is 14.2 Å². The van der Waals surface area contributed by atoms with Crippen LogP contribution in [0.2, 0.25) is 0 Å². The Kier molecular flexibility index (Phi) is 4.37. The Morgan fingerprint density at radius 1 is 0.889 bits per heavy atom. The summed E-state index contributed by atoms with van der Waals surface area (Å²) in [5.41, 5.74) is 1.64. The predicted octanol–water partition coefficient (Wildman–Crippen LogP) is 4.13. The number of rotatable bonds is 4. The van der Waals surface area contributed by atoms with Crippen LogP contribution >= 0.6 is 0 Å². The van der Waals surface area contributed by atoms with Crippen LogP contribution in [0.25, 0.3) is 16.8 Å². The Hall–Kier alpha value is -2.83. The molecule has 0 saturated heterocycles. The highest BCUT2D eigenvalue weighted by Crippen LogP contribution is 2.39. The first kappa shape index (κ1) is 17.6. The van der Waals surface area contributed by atoms with Gasteiger partial charge in [0.05, 0.1) is 12.0 Å². The van der Waals surface area contributed by atoms with Gasteiger partial charge in [0.15, 0.2) is 6.23 Å².